The molecule has 1 amide bonds. The van der Waals surface area contributed by atoms with Crippen molar-refractivity contribution in [2.75, 3.05) is 17.6 Å². The van der Waals surface area contributed by atoms with Gasteiger partial charge in [0.15, 0.2) is 0 Å². The number of carbonyl (C=O) groups is 1. The minimum atomic E-state index is -0.365. The number of rotatable bonds is 4. The first-order valence-electron chi connectivity index (χ1n) is 3.90. The van der Waals surface area contributed by atoms with Crippen molar-refractivity contribution in [3.8, 4) is 0 Å². The van der Waals surface area contributed by atoms with Crippen molar-refractivity contribution in [1.82, 2.24) is 9.97 Å². The number of hydrogen-bond acceptors (Lipinski definition) is 5. The molecule has 0 aliphatic heterocycles. The molecule has 0 spiro atoms. The van der Waals surface area contributed by atoms with Crippen LogP contribution in [0.5, 0.6) is 0 Å². The summed E-state index contributed by atoms with van der Waals surface area (Å²) in [7, 11) is 0. The van der Waals surface area contributed by atoms with Crippen LogP contribution < -0.4 is 16.8 Å². The molecule has 0 atom stereocenters. The summed E-state index contributed by atoms with van der Waals surface area (Å²) in [6, 6.07) is 0. The molecule has 5 N–H and O–H groups in total. The van der Waals surface area contributed by atoms with E-state index in [-0.39, 0.29) is 18.3 Å². The number of carbonyl (C=O) groups excluding carboxylic acids is 1. The molecule has 1 rings (SSSR count). The Hall–Kier alpha value is -1.37. The maximum atomic E-state index is 10.5. The monoisotopic (exact) mass is 259 g/mol. The number of amides is 1. The second-order valence-corrected chi connectivity index (χ2v) is 3.42. The summed E-state index contributed by atoms with van der Waals surface area (Å²) in [6.45, 7) is 0.421. The van der Waals surface area contributed by atoms with Gasteiger partial charge in [0.1, 0.15) is 5.82 Å². The molecule has 0 unspecified atom stereocenters. The van der Waals surface area contributed by atoms with Crippen LogP contribution in [-0.2, 0) is 4.79 Å². The number of aromatic nitrogens is 2. The van der Waals surface area contributed by atoms with Crippen molar-refractivity contribution in [3.63, 3.8) is 0 Å². The molecular formula is C7H10BrN5O. The van der Waals surface area contributed by atoms with Crippen molar-refractivity contribution in [3.05, 3.63) is 10.7 Å². The highest BCUT2D eigenvalue weighted by Crippen LogP contribution is 2.18. The topological polar surface area (TPSA) is 107 Å². The number of nitrogens with two attached hydrogens (primary N) is 2. The van der Waals surface area contributed by atoms with Gasteiger partial charge in [-0.15, -0.1) is 0 Å². The van der Waals surface area contributed by atoms with Gasteiger partial charge < -0.3 is 16.8 Å². The molecule has 76 valence electrons. The summed E-state index contributed by atoms with van der Waals surface area (Å²) < 4.78 is 0.691. The average Bonchev–Trinajstić information content (AvgIpc) is 2.10. The Morgan fingerprint density at radius 1 is 1.64 bits per heavy atom. The molecule has 0 radical (unpaired) electrons. The van der Waals surface area contributed by atoms with Crippen molar-refractivity contribution in [2.45, 2.75) is 6.42 Å². The van der Waals surface area contributed by atoms with E-state index in [4.69, 9.17) is 11.5 Å². The van der Waals surface area contributed by atoms with E-state index in [0.29, 0.717) is 16.8 Å². The van der Waals surface area contributed by atoms with Crippen LogP contribution in [-0.4, -0.2) is 22.4 Å². The Bertz CT molecular complexity index is 343. The fourth-order valence-corrected chi connectivity index (χ4v) is 1.14. The van der Waals surface area contributed by atoms with Gasteiger partial charge in [-0.05, 0) is 15.9 Å². The van der Waals surface area contributed by atoms with Crippen LogP contribution in [0.25, 0.3) is 0 Å². The van der Waals surface area contributed by atoms with Gasteiger partial charge in [0.2, 0.25) is 11.9 Å². The molecule has 1 heterocycles. The molecule has 1 aromatic rings. The number of anilines is 2. The summed E-state index contributed by atoms with van der Waals surface area (Å²) >= 11 is 3.24. The highest BCUT2D eigenvalue weighted by Gasteiger charge is 2.02. The Morgan fingerprint density at radius 2 is 2.36 bits per heavy atom. The molecule has 0 saturated carbocycles. The van der Waals surface area contributed by atoms with Gasteiger partial charge in [-0.25, -0.2) is 4.98 Å². The van der Waals surface area contributed by atoms with E-state index in [0.717, 1.165) is 0 Å². The first-order chi connectivity index (χ1) is 6.59. The third kappa shape index (κ3) is 3.17. The Balaban J connectivity index is 2.57. The highest BCUT2D eigenvalue weighted by atomic mass is 79.9. The van der Waals surface area contributed by atoms with Gasteiger partial charge in [-0.2, -0.15) is 4.98 Å². The minimum Gasteiger partial charge on any atom is -0.370 e. The van der Waals surface area contributed by atoms with E-state index in [9.17, 15) is 4.79 Å². The molecule has 0 fully saturated rings. The maximum absolute atomic E-state index is 10.5. The minimum absolute atomic E-state index is 0.176. The van der Waals surface area contributed by atoms with Gasteiger partial charge >= 0.3 is 0 Å². The molecule has 0 aromatic carbocycles. The lowest BCUT2D eigenvalue weighted by Crippen LogP contribution is -2.16. The number of primary amides is 1. The lowest BCUT2D eigenvalue weighted by atomic mass is 10.4. The van der Waals surface area contributed by atoms with Crippen LogP contribution in [0.4, 0.5) is 11.8 Å². The zero-order valence-corrected chi connectivity index (χ0v) is 8.91. The number of nitrogens with zero attached hydrogens (tertiary/aromatic N) is 2. The lowest BCUT2D eigenvalue weighted by molar-refractivity contribution is -0.117. The molecule has 6 nitrogen and oxygen atoms in total. The number of hydrogen-bond donors (Lipinski definition) is 3. The summed E-state index contributed by atoms with van der Waals surface area (Å²) in [5, 5.41) is 2.91. The Labute approximate surface area is 89.2 Å². The van der Waals surface area contributed by atoms with Crippen LogP contribution in [0, 0.1) is 0 Å². The van der Waals surface area contributed by atoms with Crippen molar-refractivity contribution < 1.29 is 4.79 Å². The van der Waals surface area contributed by atoms with Gasteiger partial charge in [0.25, 0.3) is 0 Å². The predicted octanol–water partition coefficient (Wildman–Crippen LogP) is 0.109. The fraction of sp³-hybridized carbons (Fsp3) is 0.286. The van der Waals surface area contributed by atoms with E-state index in [1.165, 1.54) is 6.20 Å². The van der Waals surface area contributed by atoms with Crippen molar-refractivity contribution in [2.24, 2.45) is 5.73 Å². The number of nitrogen functional groups attached to an aromatic ring is 1. The second kappa shape index (κ2) is 4.75. The molecule has 0 saturated heterocycles. The fourth-order valence-electron chi connectivity index (χ4n) is 0.809. The number of halogens is 1. The van der Waals surface area contributed by atoms with Crippen LogP contribution in [0.3, 0.4) is 0 Å². The normalized spacial score (nSPS) is 9.79. The van der Waals surface area contributed by atoms with Crippen molar-refractivity contribution in [1.29, 1.82) is 0 Å². The molecule has 0 aliphatic carbocycles. The maximum Gasteiger partial charge on any atom is 0.221 e. The third-order valence-corrected chi connectivity index (χ3v) is 2.01. The molecule has 14 heavy (non-hydrogen) atoms. The third-order valence-electron chi connectivity index (χ3n) is 1.43. The van der Waals surface area contributed by atoms with E-state index >= 15 is 0 Å². The molecule has 0 aliphatic rings. The molecule has 7 heteroatoms. The summed E-state index contributed by atoms with van der Waals surface area (Å²) in [4.78, 5) is 18.2. The van der Waals surface area contributed by atoms with E-state index in [1.807, 2.05) is 0 Å². The van der Waals surface area contributed by atoms with E-state index in [1.54, 1.807) is 0 Å². The smallest absolute Gasteiger partial charge is 0.221 e. The summed E-state index contributed by atoms with van der Waals surface area (Å²) in [5.41, 5.74) is 10.4. The Morgan fingerprint density at radius 3 is 3.00 bits per heavy atom. The first-order valence-corrected chi connectivity index (χ1v) is 4.69. The standard InChI is InChI=1S/C7H10BrN5O/c8-4-3-12-7(10)13-6(4)11-2-1-5(9)14/h3H,1-2H2,(H2,9,14)(H3,10,11,12,13). The largest absolute Gasteiger partial charge is 0.370 e. The van der Waals surface area contributed by atoms with E-state index in [2.05, 4.69) is 31.2 Å². The van der Waals surface area contributed by atoms with Gasteiger partial charge in [0, 0.05) is 19.2 Å². The van der Waals surface area contributed by atoms with Gasteiger partial charge in [-0.1, -0.05) is 0 Å². The van der Waals surface area contributed by atoms with Crippen LogP contribution in [0.1, 0.15) is 6.42 Å². The highest BCUT2D eigenvalue weighted by molar-refractivity contribution is 9.10. The molecule has 0 bridgehead atoms. The Kier molecular flexibility index (Phi) is 3.63. The van der Waals surface area contributed by atoms with Gasteiger partial charge in [-0.3, -0.25) is 4.79 Å². The zero-order chi connectivity index (χ0) is 10.6. The lowest BCUT2D eigenvalue weighted by Gasteiger charge is -2.05. The summed E-state index contributed by atoms with van der Waals surface area (Å²) in [6.07, 6.45) is 1.78. The van der Waals surface area contributed by atoms with Crippen molar-refractivity contribution >= 4 is 33.6 Å². The van der Waals surface area contributed by atoms with Gasteiger partial charge in [0.05, 0.1) is 4.47 Å². The second-order valence-electron chi connectivity index (χ2n) is 2.57. The molecule has 1 aromatic heterocycles. The first kappa shape index (κ1) is 10.7. The van der Waals surface area contributed by atoms with Crippen LogP contribution in [0.2, 0.25) is 0 Å². The predicted molar refractivity (Wildman–Crippen MR) is 56.4 cm³/mol. The zero-order valence-electron chi connectivity index (χ0n) is 7.33. The van der Waals surface area contributed by atoms with Crippen LogP contribution in [0.15, 0.2) is 10.7 Å². The quantitative estimate of drug-likeness (QED) is 0.712. The van der Waals surface area contributed by atoms with Crippen LogP contribution >= 0.6 is 15.9 Å². The van der Waals surface area contributed by atoms with E-state index < -0.39 is 0 Å². The number of nitrogens with one attached hydrogen (secondary N) is 1. The average molecular weight is 260 g/mol. The SMILES string of the molecule is NC(=O)CCNc1nc(N)ncc1Br. The molecular weight excluding hydrogens is 250 g/mol. The summed E-state index contributed by atoms with van der Waals surface area (Å²) in [5.74, 6) is 0.365.